The van der Waals surface area contributed by atoms with E-state index < -0.39 is 0 Å². The van der Waals surface area contributed by atoms with E-state index in [-0.39, 0.29) is 11.9 Å². The van der Waals surface area contributed by atoms with Gasteiger partial charge in [0, 0.05) is 11.6 Å². The van der Waals surface area contributed by atoms with E-state index in [2.05, 4.69) is 12.2 Å². The third kappa shape index (κ3) is 4.57. The van der Waals surface area contributed by atoms with E-state index >= 15 is 0 Å². The number of likely N-dealkylation sites (N-methyl/N-ethyl adjacent to an activating group) is 1. The predicted octanol–water partition coefficient (Wildman–Crippen LogP) is 4.04. The van der Waals surface area contributed by atoms with Gasteiger partial charge < -0.3 is 10.1 Å². The van der Waals surface area contributed by atoms with Gasteiger partial charge in [-0.25, -0.2) is 4.39 Å². The molecule has 0 heterocycles. The predicted molar refractivity (Wildman–Crippen MR) is 80.1 cm³/mol. The maximum absolute atomic E-state index is 13.6. The SMILES string of the molecule is CCNC1CCCCCCC1OCc1ccccc1F. The van der Waals surface area contributed by atoms with E-state index in [1.807, 2.05) is 6.07 Å². The molecule has 1 aliphatic rings. The number of hydrogen-bond acceptors (Lipinski definition) is 2. The van der Waals surface area contributed by atoms with Crippen molar-refractivity contribution in [1.82, 2.24) is 5.32 Å². The maximum Gasteiger partial charge on any atom is 0.128 e. The highest BCUT2D eigenvalue weighted by atomic mass is 19.1. The number of halogens is 1. The second-order valence-corrected chi connectivity index (χ2v) is 5.60. The second kappa shape index (κ2) is 8.38. The maximum atomic E-state index is 13.6. The average molecular weight is 279 g/mol. The number of nitrogens with one attached hydrogen (secondary N) is 1. The van der Waals surface area contributed by atoms with Gasteiger partial charge in [-0.2, -0.15) is 0 Å². The molecule has 1 fully saturated rings. The molecule has 2 atom stereocenters. The third-order valence-corrected chi connectivity index (χ3v) is 4.08. The molecule has 1 aromatic carbocycles. The molecule has 0 spiro atoms. The van der Waals surface area contributed by atoms with Crippen LogP contribution in [0.5, 0.6) is 0 Å². The summed E-state index contributed by atoms with van der Waals surface area (Å²) in [6.45, 7) is 3.47. The van der Waals surface area contributed by atoms with Crippen LogP contribution in [0.1, 0.15) is 51.0 Å². The summed E-state index contributed by atoms with van der Waals surface area (Å²) in [5.74, 6) is -0.168. The van der Waals surface area contributed by atoms with Crippen molar-refractivity contribution in [2.24, 2.45) is 0 Å². The van der Waals surface area contributed by atoms with E-state index in [4.69, 9.17) is 4.74 Å². The van der Waals surface area contributed by atoms with Crippen molar-refractivity contribution in [2.45, 2.75) is 64.2 Å². The molecule has 0 bridgehead atoms. The van der Waals surface area contributed by atoms with E-state index in [0.717, 1.165) is 19.4 Å². The van der Waals surface area contributed by atoms with Gasteiger partial charge in [0.1, 0.15) is 5.82 Å². The first-order chi connectivity index (χ1) is 9.81. The van der Waals surface area contributed by atoms with E-state index in [9.17, 15) is 4.39 Å². The van der Waals surface area contributed by atoms with Crippen molar-refractivity contribution in [3.8, 4) is 0 Å². The molecule has 0 aromatic heterocycles. The first-order valence-electron chi connectivity index (χ1n) is 7.89. The van der Waals surface area contributed by atoms with Crippen molar-refractivity contribution in [3.63, 3.8) is 0 Å². The summed E-state index contributed by atoms with van der Waals surface area (Å²) >= 11 is 0. The Labute approximate surface area is 121 Å². The molecule has 2 rings (SSSR count). The van der Waals surface area contributed by atoms with Crippen molar-refractivity contribution in [1.29, 1.82) is 0 Å². The van der Waals surface area contributed by atoms with Gasteiger partial charge in [0.2, 0.25) is 0 Å². The molecule has 3 heteroatoms. The topological polar surface area (TPSA) is 21.3 Å². The van der Waals surface area contributed by atoms with Gasteiger partial charge in [-0.05, 0) is 25.5 Å². The van der Waals surface area contributed by atoms with Gasteiger partial charge in [-0.3, -0.25) is 0 Å². The molecule has 20 heavy (non-hydrogen) atoms. The molecule has 1 saturated carbocycles. The Kier molecular flexibility index (Phi) is 6.48. The lowest BCUT2D eigenvalue weighted by Gasteiger charge is -2.30. The zero-order valence-corrected chi connectivity index (χ0v) is 12.4. The highest BCUT2D eigenvalue weighted by Gasteiger charge is 2.22. The molecule has 1 aliphatic carbocycles. The normalized spacial score (nSPS) is 24.1. The smallest absolute Gasteiger partial charge is 0.128 e. The van der Waals surface area contributed by atoms with Gasteiger partial charge in [0.15, 0.2) is 0 Å². The lowest BCUT2D eigenvalue weighted by molar-refractivity contribution is 0.00168. The van der Waals surface area contributed by atoms with Gasteiger partial charge in [-0.15, -0.1) is 0 Å². The summed E-state index contributed by atoms with van der Waals surface area (Å²) in [6.07, 6.45) is 7.53. The van der Waals surface area contributed by atoms with Crippen molar-refractivity contribution < 1.29 is 9.13 Å². The van der Waals surface area contributed by atoms with Crippen molar-refractivity contribution >= 4 is 0 Å². The second-order valence-electron chi connectivity index (χ2n) is 5.60. The third-order valence-electron chi connectivity index (χ3n) is 4.08. The molecule has 0 radical (unpaired) electrons. The average Bonchev–Trinajstić information content (AvgIpc) is 2.43. The molecule has 1 N–H and O–H groups in total. The standard InChI is InChI=1S/C17H26FNO/c1-2-19-16-11-5-3-4-6-12-17(16)20-13-14-9-7-8-10-15(14)18/h7-10,16-17,19H,2-6,11-13H2,1H3. The summed E-state index contributed by atoms with van der Waals surface area (Å²) in [4.78, 5) is 0. The Morgan fingerprint density at radius 2 is 1.90 bits per heavy atom. The number of benzene rings is 1. The van der Waals surface area contributed by atoms with E-state index in [0.29, 0.717) is 18.2 Å². The summed E-state index contributed by atoms with van der Waals surface area (Å²) in [6, 6.07) is 7.30. The molecule has 112 valence electrons. The van der Waals surface area contributed by atoms with Gasteiger partial charge >= 0.3 is 0 Å². The van der Waals surface area contributed by atoms with Crippen LogP contribution in [0, 0.1) is 5.82 Å². The Bertz CT molecular complexity index is 396. The lowest BCUT2D eigenvalue weighted by atomic mass is 9.94. The van der Waals surface area contributed by atoms with Crippen LogP contribution in [0.15, 0.2) is 24.3 Å². The lowest BCUT2D eigenvalue weighted by Crippen LogP contribution is -2.42. The Hall–Kier alpha value is -0.930. The van der Waals surface area contributed by atoms with Gasteiger partial charge in [-0.1, -0.05) is 50.8 Å². The zero-order valence-electron chi connectivity index (χ0n) is 12.4. The molecular formula is C17H26FNO. The summed E-state index contributed by atoms with van der Waals surface area (Å²) < 4.78 is 19.7. The Morgan fingerprint density at radius 3 is 2.65 bits per heavy atom. The molecule has 0 aliphatic heterocycles. The van der Waals surface area contributed by atoms with Crippen LogP contribution in [0.2, 0.25) is 0 Å². The minimum absolute atomic E-state index is 0.168. The van der Waals surface area contributed by atoms with Crippen LogP contribution in [0.4, 0.5) is 4.39 Å². The fourth-order valence-corrected chi connectivity index (χ4v) is 2.96. The number of ether oxygens (including phenoxy) is 1. The highest BCUT2D eigenvalue weighted by Crippen LogP contribution is 2.21. The van der Waals surface area contributed by atoms with Crippen LogP contribution in [-0.2, 0) is 11.3 Å². The van der Waals surface area contributed by atoms with Crippen LogP contribution in [0.3, 0.4) is 0 Å². The van der Waals surface area contributed by atoms with Crippen LogP contribution >= 0.6 is 0 Å². The molecule has 0 saturated heterocycles. The fourth-order valence-electron chi connectivity index (χ4n) is 2.96. The van der Waals surface area contributed by atoms with Crippen molar-refractivity contribution in [2.75, 3.05) is 6.54 Å². The molecule has 0 amide bonds. The molecule has 2 unspecified atom stereocenters. The summed E-state index contributed by atoms with van der Waals surface area (Å²) in [5.41, 5.74) is 0.657. The van der Waals surface area contributed by atoms with Crippen LogP contribution in [-0.4, -0.2) is 18.7 Å². The fraction of sp³-hybridized carbons (Fsp3) is 0.647. The monoisotopic (exact) mass is 279 g/mol. The summed E-state index contributed by atoms with van der Waals surface area (Å²) in [7, 11) is 0. The largest absolute Gasteiger partial charge is 0.372 e. The zero-order chi connectivity index (χ0) is 14.2. The Morgan fingerprint density at radius 1 is 1.15 bits per heavy atom. The van der Waals surface area contributed by atoms with E-state index in [1.54, 1.807) is 12.1 Å². The summed E-state index contributed by atoms with van der Waals surface area (Å²) in [5, 5.41) is 3.53. The first kappa shape index (κ1) is 15.5. The van der Waals surface area contributed by atoms with Gasteiger partial charge in [0.05, 0.1) is 12.7 Å². The number of rotatable bonds is 5. The first-order valence-corrected chi connectivity index (χ1v) is 7.89. The minimum atomic E-state index is -0.168. The minimum Gasteiger partial charge on any atom is -0.372 e. The van der Waals surface area contributed by atoms with Gasteiger partial charge in [0.25, 0.3) is 0 Å². The van der Waals surface area contributed by atoms with Crippen LogP contribution in [0.25, 0.3) is 0 Å². The van der Waals surface area contributed by atoms with Crippen LogP contribution < -0.4 is 5.32 Å². The quantitative estimate of drug-likeness (QED) is 0.878. The molecule has 2 nitrogen and oxygen atoms in total. The molecule has 1 aromatic rings. The molecular weight excluding hydrogens is 253 g/mol. The van der Waals surface area contributed by atoms with E-state index in [1.165, 1.54) is 31.7 Å². The highest BCUT2D eigenvalue weighted by molar-refractivity contribution is 5.16. The Balaban J connectivity index is 1.94. The van der Waals surface area contributed by atoms with Crippen molar-refractivity contribution in [3.05, 3.63) is 35.6 Å². The number of hydrogen-bond donors (Lipinski definition) is 1.